The van der Waals surface area contributed by atoms with Crippen LogP contribution in [0.2, 0.25) is 0 Å². The number of hydrogen-bond donors (Lipinski definition) is 0. The molecule has 0 radical (unpaired) electrons. The Bertz CT molecular complexity index is 1070. The molecule has 2 aliphatic rings. The summed E-state index contributed by atoms with van der Waals surface area (Å²) in [6.07, 6.45) is 1.47. The van der Waals surface area contributed by atoms with Crippen LogP contribution in [-0.2, 0) is 9.59 Å². The number of fused-ring (bicyclic) bond motifs is 1. The van der Waals surface area contributed by atoms with Crippen LogP contribution in [0.1, 0.15) is 16.7 Å². The molecule has 0 N–H and O–H groups in total. The highest BCUT2D eigenvalue weighted by atomic mass is 32.2. The third-order valence-electron chi connectivity index (χ3n) is 4.64. The largest absolute Gasteiger partial charge is 0.284 e. The van der Waals surface area contributed by atoms with E-state index in [0.29, 0.717) is 14.8 Å². The second kappa shape index (κ2) is 6.48. The molecule has 2 aromatic carbocycles. The number of benzene rings is 2. The third kappa shape index (κ3) is 2.64. The number of hydrogen-bond acceptors (Lipinski definition) is 4. The second-order valence-electron chi connectivity index (χ2n) is 6.38. The first-order valence-corrected chi connectivity index (χ1v) is 9.60. The van der Waals surface area contributed by atoms with Gasteiger partial charge in [-0.05, 0) is 31.5 Å². The van der Waals surface area contributed by atoms with Crippen molar-refractivity contribution in [3.63, 3.8) is 0 Å². The first-order valence-electron chi connectivity index (χ1n) is 8.37. The van der Waals surface area contributed by atoms with E-state index < -0.39 is 0 Å². The Morgan fingerprint density at radius 2 is 1.78 bits per heavy atom. The van der Waals surface area contributed by atoms with E-state index >= 15 is 0 Å². The lowest BCUT2D eigenvalue weighted by atomic mass is 10.1. The van der Waals surface area contributed by atoms with Crippen LogP contribution >= 0.6 is 24.0 Å². The zero-order valence-corrected chi connectivity index (χ0v) is 16.5. The highest BCUT2D eigenvalue weighted by molar-refractivity contribution is 8.27. The number of nitrogens with zero attached hydrogens (tertiary/aromatic N) is 2. The summed E-state index contributed by atoms with van der Waals surface area (Å²) in [6.45, 7) is 7.67. The summed E-state index contributed by atoms with van der Waals surface area (Å²) in [5.74, 6) is -0.520. The normalized spacial score (nSPS) is 19.1. The molecule has 27 heavy (non-hydrogen) atoms. The highest BCUT2D eigenvalue weighted by Gasteiger charge is 2.42. The maximum Gasteiger partial charge on any atom is 0.271 e. The lowest BCUT2D eigenvalue weighted by molar-refractivity contribution is -0.114. The lowest BCUT2D eigenvalue weighted by Crippen LogP contribution is -2.29. The van der Waals surface area contributed by atoms with Gasteiger partial charge in [-0.25, -0.2) is 0 Å². The van der Waals surface area contributed by atoms with Gasteiger partial charge in [-0.2, -0.15) is 0 Å². The van der Waals surface area contributed by atoms with Crippen LogP contribution in [0.25, 0.3) is 5.57 Å². The smallest absolute Gasteiger partial charge is 0.271 e. The molecule has 2 amide bonds. The van der Waals surface area contributed by atoms with Crippen LogP contribution in [0.15, 0.2) is 60.1 Å². The summed E-state index contributed by atoms with van der Waals surface area (Å²) in [5, 5.41) is 0. The highest BCUT2D eigenvalue weighted by Crippen LogP contribution is 2.45. The van der Waals surface area contributed by atoms with Crippen LogP contribution in [-0.4, -0.2) is 16.1 Å². The molecule has 0 unspecified atom stereocenters. The van der Waals surface area contributed by atoms with Crippen molar-refractivity contribution in [2.75, 3.05) is 9.80 Å². The van der Waals surface area contributed by atoms with Crippen molar-refractivity contribution in [2.45, 2.75) is 13.8 Å². The molecule has 1 saturated heterocycles. The molecule has 0 aromatic heterocycles. The van der Waals surface area contributed by atoms with Gasteiger partial charge < -0.3 is 0 Å². The zero-order chi connectivity index (χ0) is 19.3. The Labute approximate surface area is 167 Å². The number of anilines is 2. The Morgan fingerprint density at radius 1 is 1.04 bits per heavy atom. The van der Waals surface area contributed by atoms with E-state index in [9.17, 15) is 9.59 Å². The first kappa shape index (κ1) is 17.7. The van der Waals surface area contributed by atoms with E-state index in [4.69, 9.17) is 12.2 Å². The van der Waals surface area contributed by atoms with Crippen molar-refractivity contribution < 1.29 is 9.59 Å². The Kier molecular flexibility index (Phi) is 4.25. The van der Waals surface area contributed by atoms with Gasteiger partial charge in [0.25, 0.3) is 11.8 Å². The fourth-order valence-electron chi connectivity index (χ4n) is 3.42. The van der Waals surface area contributed by atoms with Crippen molar-refractivity contribution >= 4 is 57.1 Å². The molecule has 6 heteroatoms. The SMILES string of the molecule is C=CN1C(=O)C(=C2SC(=S)N(c3ccc(C)cc3C)C2=O)c2ccccc21. The molecule has 4 rings (SSSR count). The van der Waals surface area contributed by atoms with E-state index in [2.05, 4.69) is 6.58 Å². The third-order valence-corrected chi connectivity index (χ3v) is 6.01. The first-order chi connectivity index (χ1) is 12.9. The maximum absolute atomic E-state index is 13.3. The van der Waals surface area contributed by atoms with Gasteiger partial charge in [-0.1, -0.05) is 66.5 Å². The van der Waals surface area contributed by atoms with Gasteiger partial charge in [0.05, 0.1) is 21.9 Å². The van der Waals surface area contributed by atoms with Crippen molar-refractivity contribution in [1.29, 1.82) is 0 Å². The molecule has 2 heterocycles. The molecule has 4 nitrogen and oxygen atoms in total. The maximum atomic E-state index is 13.3. The minimum absolute atomic E-state index is 0.257. The number of rotatable bonds is 2. The molecule has 2 aliphatic heterocycles. The van der Waals surface area contributed by atoms with E-state index in [1.54, 1.807) is 0 Å². The Morgan fingerprint density at radius 3 is 2.48 bits per heavy atom. The fourth-order valence-corrected chi connectivity index (χ4v) is 4.78. The molecule has 0 spiro atoms. The average Bonchev–Trinajstić information content (AvgIpc) is 3.08. The van der Waals surface area contributed by atoms with Gasteiger partial charge in [0.15, 0.2) is 4.32 Å². The van der Waals surface area contributed by atoms with Gasteiger partial charge in [-0.15, -0.1) is 0 Å². The predicted molar refractivity (Wildman–Crippen MR) is 115 cm³/mol. The van der Waals surface area contributed by atoms with Crippen molar-refractivity contribution in [3.05, 3.63) is 76.8 Å². The number of carbonyl (C=O) groups is 2. The summed E-state index contributed by atoms with van der Waals surface area (Å²) in [5.41, 5.74) is 4.66. The van der Waals surface area contributed by atoms with Gasteiger partial charge in [0, 0.05) is 11.8 Å². The van der Waals surface area contributed by atoms with Crippen LogP contribution in [0.4, 0.5) is 11.4 Å². The Balaban J connectivity index is 1.87. The minimum atomic E-state index is -0.263. The van der Waals surface area contributed by atoms with E-state index in [-0.39, 0.29) is 11.8 Å². The van der Waals surface area contributed by atoms with Crippen molar-refractivity contribution in [1.82, 2.24) is 0 Å². The topological polar surface area (TPSA) is 40.6 Å². The molecule has 2 aromatic rings. The molecule has 1 fully saturated rings. The van der Waals surface area contributed by atoms with Crippen LogP contribution in [0, 0.1) is 13.8 Å². The van der Waals surface area contributed by atoms with Gasteiger partial charge in [0.1, 0.15) is 0 Å². The van der Waals surface area contributed by atoms with E-state index in [1.807, 2.05) is 56.3 Å². The predicted octanol–water partition coefficient (Wildman–Crippen LogP) is 4.57. The van der Waals surface area contributed by atoms with Gasteiger partial charge in [-0.3, -0.25) is 19.4 Å². The Hall–Kier alpha value is -2.70. The fraction of sp³-hybridized carbons (Fsp3) is 0.0952. The minimum Gasteiger partial charge on any atom is -0.284 e. The summed E-state index contributed by atoms with van der Waals surface area (Å²) in [4.78, 5) is 29.6. The quantitative estimate of drug-likeness (QED) is 0.555. The summed E-state index contributed by atoms with van der Waals surface area (Å²) < 4.78 is 0.428. The molecular formula is C21H16N2O2S2. The number of carbonyl (C=O) groups excluding carboxylic acids is 2. The number of aryl methyl sites for hydroxylation is 2. The van der Waals surface area contributed by atoms with Crippen LogP contribution < -0.4 is 9.80 Å². The summed E-state index contributed by atoms with van der Waals surface area (Å²) >= 11 is 6.66. The zero-order valence-electron chi connectivity index (χ0n) is 14.9. The molecule has 0 aliphatic carbocycles. The summed E-state index contributed by atoms with van der Waals surface area (Å²) in [6, 6.07) is 13.2. The van der Waals surface area contributed by atoms with Crippen LogP contribution in [0.5, 0.6) is 0 Å². The van der Waals surface area contributed by atoms with Gasteiger partial charge in [0.2, 0.25) is 0 Å². The van der Waals surface area contributed by atoms with Crippen molar-refractivity contribution in [3.8, 4) is 0 Å². The lowest BCUT2D eigenvalue weighted by Gasteiger charge is -2.17. The molecule has 0 bridgehead atoms. The van der Waals surface area contributed by atoms with Crippen molar-refractivity contribution in [2.24, 2.45) is 0 Å². The van der Waals surface area contributed by atoms with Gasteiger partial charge >= 0.3 is 0 Å². The molecular weight excluding hydrogens is 376 g/mol. The molecule has 134 valence electrons. The molecule has 0 saturated carbocycles. The number of thioether (sulfide) groups is 1. The number of amides is 2. The standard InChI is InChI=1S/C21H16N2O2S2/c1-4-22-16-8-6-5-7-14(16)17(19(22)24)18-20(25)23(21(26)27-18)15-10-9-12(2)11-13(15)3/h4-11H,1H2,2-3H3. The number of para-hydroxylation sites is 1. The second-order valence-corrected chi connectivity index (χ2v) is 8.02. The molecule has 0 atom stereocenters. The van der Waals surface area contributed by atoms with E-state index in [0.717, 1.165) is 28.1 Å². The average molecular weight is 393 g/mol. The van der Waals surface area contributed by atoms with Crippen LogP contribution in [0.3, 0.4) is 0 Å². The summed E-state index contributed by atoms with van der Waals surface area (Å²) in [7, 11) is 0. The monoisotopic (exact) mass is 392 g/mol. The van der Waals surface area contributed by atoms with E-state index in [1.165, 1.54) is 27.8 Å². The number of thiocarbonyl (C=S) groups is 1.